The zero-order valence-electron chi connectivity index (χ0n) is 10.6. The first-order valence-corrected chi connectivity index (χ1v) is 8.32. The van der Waals surface area contributed by atoms with Crippen LogP contribution in [0.2, 0.25) is 5.02 Å². The summed E-state index contributed by atoms with van der Waals surface area (Å²) < 4.78 is 4.87. The van der Waals surface area contributed by atoms with Gasteiger partial charge in [0.25, 0.3) is 0 Å². The van der Waals surface area contributed by atoms with Gasteiger partial charge in [0, 0.05) is 20.9 Å². The maximum atomic E-state index is 11.5. The van der Waals surface area contributed by atoms with E-state index in [2.05, 4.69) is 6.07 Å². The van der Waals surface area contributed by atoms with Crippen LogP contribution in [-0.4, -0.2) is 12.6 Å². The molecule has 0 fully saturated rings. The molecule has 0 bridgehead atoms. The summed E-state index contributed by atoms with van der Waals surface area (Å²) in [4.78, 5) is 12.9. The van der Waals surface area contributed by atoms with Crippen LogP contribution in [0.5, 0.6) is 0 Å². The van der Waals surface area contributed by atoms with Gasteiger partial charge >= 0.3 is 5.97 Å². The van der Waals surface area contributed by atoms with Crippen LogP contribution in [-0.2, 0) is 9.53 Å². The average Bonchev–Trinajstić information content (AvgIpc) is 2.82. The van der Waals surface area contributed by atoms with Crippen molar-refractivity contribution in [1.29, 1.82) is 5.26 Å². The van der Waals surface area contributed by atoms with Gasteiger partial charge in [-0.25, -0.2) is 4.79 Å². The number of esters is 1. The molecular formula is C14H10ClNO2S2. The number of allylic oxidation sites excluding steroid dienone is 1. The Morgan fingerprint density at radius 2 is 2.10 bits per heavy atom. The molecule has 102 valence electrons. The quantitative estimate of drug-likeness (QED) is 0.468. The largest absolute Gasteiger partial charge is 0.463 e. The van der Waals surface area contributed by atoms with Gasteiger partial charge < -0.3 is 4.74 Å². The van der Waals surface area contributed by atoms with Crippen molar-refractivity contribution in [2.75, 3.05) is 6.61 Å². The number of halogens is 1. The third kappa shape index (κ3) is 3.40. The second-order valence-electron chi connectivity index (χ2n) is 3.75. The molecule has 1 heterocycles. The second-order valence-corrected chi connectivity index (χ2v) is 6.37. The lowest BCUT2D eigenvalue weighted by atomic mass is 10.1. The van der Waals surface area contributed by atoms with Crippen LogP contribution in [0.3, 0.4) is 0 Å². The third-order valence-corrected chi connectivity index (χ3v) is 5.17. The Kier molecular flexibility index (Phi) is 5.18. The predicted molar refractivity (Wildman–Crippen MR) is 83.9 cm³/mol. The first kappa shape index (κ1) is 15.0. The van der Waals surface area contributed by atoms with Crippen LogP contribution in [0.15, 0.2) is 40.8 Å². The number of rotatable bonds is 3. The van der Waals surface area contributed by atoms with Gasteiger partial charge in [0.2, 0.25) is 0 Å². The Bertz CT molecular complexity index is 630. The Morgan fingerprint density at radius 3 is 2.70 bits per heavy atom. The van der Waals surface area contributed by atoms with Gasteiger partial charge in [0.15, 0.2) is 0 Å². The summed E-state index contributed by atoms with van der Waals surface area (Å²) in [5.41, 5.74) is 1.41. The Labute approximate surface area is 130 Å². The summed E-state index contributed by atoms with van der Waals surface area (Å²) >= 11 is 5.86. The van der Waals surface area contributed by atoms with Crippen LogP contribution in [0.25, 0.3) is 4.91 Å². The zero-order valence-corrected chi connectivity index (χ0v) is 12.9. The fourth-order valence-electron chi connectivity index (χ4n) is 1.57. The molecule has 1 aromatic carbocycles. The Hall–Kier alpha value is -1.35. The summed E-state index contributed by atoms with van der Waals surface area (Å²) in [5, 5.41) is 9.96. The zero-order chi connectivity index (χ0) is 14.5. The second kappa shape index (κ2) is 6.89. The minimum atomic E-state index is -0.430. The van der Waals surface area contributed by atoms with Crippen LogP contribution >= 0.6 is 33.2 Å². The predicted octanol–water partition coefficient (Wildman–Crippen LogP) is 4.42. The lowest BCUT2D eigenvalue weighted by molar-refractivity contribution is -0.137. The van der Waals surface area contributed by atoms with Gasteiger partial charge in [-0.05, 0) is 24.6 Å². The molecular weight excluding hydrogens is 314 g/mol. The molecule has 6 heteroatoms. The van der Waals surface area contributed by atoms with Crippen LogP contribution < -0.4 is 0 Å². The first-order valence-electron chi connectivity index (χ1n) is 5.79. The average molecular weight is 324 g/mol. The third-order valence-electron chi connectivity index (χ3n) is 2.44. The number of carbonyl (C=O) groups is 1. The molecule has 2 rings (SSSR count). The molecule has 3 nitrogen and oxygen atoms in total. The van der Waals surface area contributed by atoms with E-state index in [4.69, 9.17) is 16.3 Å². The van der Waals surface area contributed by atoms with Crippen molar-refractivity contribution in [3.8, 4) is 6.07 Å². The van der Waals surface area contributed by atoms with E-state index in [-0.39, 0.29) is 0 Å². The maximum absolute atomic E-state index is 11.5. The van der Waals surface area contributed by atoms with E-state index in [1.807, 2.05) is 12.1 Å². The van der Waals surface area contributed by atoms with E-state index >= 15 is 0 Å². The molecule has 0 N–H and O–H groups in total. The van der Waals surface area contributed by atoms with Gasteiger partial charge in [-0.15, -0.1) is 0 Å². The van der Waals surface area contributed by atoms with E-state index in [0.29, 0.717) is 22.1 Å². The molecule has 0 saturated heterocycles. The number of hydrogen-bond acceptors (Lipinski definition) is 5. The fraction of sp³-hybridized carbons (Fsp3) is 0.143. The smallest absolute Gasteiger partial charge is 0.331 e. The normalized spacial score (nSPS) is 16.4. The van der Waals surface area contributed by atoms with Crippen LogP contribution in [0.4, 0.5) is 0 Å². The van der Waals surface area contributed by atoms with Crippen molar-refractivity contribution in [2.24, 2.45) is 0 Å². The molecule has 0 atom stereocenters. The highest BCUT2D eigenvalue weighted by Crippen LogP contribution is 2.53. The Morgan fingerprint density at radius 1 is 1.40 bits per heavy atom. The van der Waals surface area contributed by atoms with Gasteiger partial charge in [-0.2, -0.15) is 5.26 Å². The number of nitrogens with zero attached hydrogens (tertiary/aromatic N) is 1. The Balaban J connectivity index is 2.35. The van der Waals surface area contributed by atoms with Crippen molar-refractivity contribution >= 4 is 44.1 Å². The highest BCUT2D eigenvalue weighted by Gasteiger charge is 2.24. The summed E-state index contributed by atoms with van der Waals surface area (Å²) in [6.07, 6.45) is 1.36. The summed E-state index contributed by atoms with van der Waals surface area (Å²) in [6, 6.07) is 9.42. The minimum Gasteiger partial charge on any atom is -0.463 e. The SMILES string of the molecule is CCOC(=O)/C=C1/SSC(c2ccc(Cl)cc2)=C1C#N. The molecule has 0 spiro atoms. The molecule has 0 aromatic heterocycles. The molecule has 0 saturated carbocycles. The number of ether oxygens (including phenoxy) is 1. The molecule has 0 aliphatic carbocycles. The number of nitriles is 1. The van der Waals surface area contributed by atoms with Gasteiger partial charge in [0.1, 0.15) is 6.07 Å². The van der Waals surface area contributed by atoms with Gasteiger partial charge in [-0.3, -0.25) is 0 Å². The van der Waals surface area contributed by atoms with E-state index in [9.17, 15) is 10.1 Å². The topological polar surface area (TPSA) is 50.1 Å². The number of carbonyl (C=O) groups excluding carboxylic acids is 1. The van der Waals surface area contributed by atoms with Gasteiger partial charge in [0.05, 0.1) is 12.2 Å². The molecule has 0 radical (unpaired) electrons. The maximum Gasteiger partial charge on any atom is 0.331 e. The summed E-state index contributed by atoms with van der Waals surface area (Å²) in [7, 11) is 2.84. The van der Waals surface area contributed by atoms with Crippen molar-refractivity contribution in [1.82, 2.24) is 0 Å². The van der Waals surface area contributed by atoms with Crippen molar-refractivity contribution < 1.29 is 9.53 Å². The lowest BCUT2D eigenvalue weighted by Crippen LogP contribution is -2.00. The van der Waals surface area contributed by atoms with Crippen molar-refractivity contribution in [3.63, 3.8) is 0 Å². The summed E-state index contributed by atoms with van der Waals surface area (Å²) in [6.45, 7) is 2.06. The van der Waals surface area contributed by atoms with E-state index in [0.717, 1.165) is 10.5 Å². The highest BCUT2D eigenvalue weighted by atomic mass is 35.5. The van der Waals surface area contributed by atoms with E-state index < -0.39 is 5.97 Å². The molecule has 0 unspecified atom stereocenters. The summed E-state index contributed by atoms with van der Waals surface area (Å²) in [5.74, 6) is -0.430. The van der Waals surface area contributed by atoms with E-state index in [1.165, 1.54) is 27.7 Å². The number of hydrogen-bond donors (Lipinski definition) is 0. The number of benzene rings is 1. The van der Waals surface area contributed by atoms with Crippen molar-refractivity contribution in [2.45, 2.75) is 6.92 Å². The first-order chi connectivity index (χ1) is 9.65. The standard InChI is InChI=1S/C14H10ClNO2S2/c1-2-18-13(17)7-12-11(8-16)14(20-19-12)9-3-5-10(15)6-4-9/h3-7H,2H2,1H3/b12-7+. The highest BCUT2D eigenvalue weighted by molar-refractivity contribution is 8.82. The molecule has 1 aliphatic rings. The van der Waals surface area contributed by atoms with Crippen LogP contribution in [0.1, 0.15) is 12.5 Å². The molecule has 0 amide bonds. The monoisotopic (exact) mass is 323 g/mol. The molecule has 1 aliphatic heterocycles. The van der Waals surface area contributed by atoms with Crippen molar-refractivity contribution in [3.05, 3.63) is 51.4 Å². The minimum absolute atomic E-state index is 0.316. The molecule has 1 aromatic rings. The fourth-order valence-corrected chi connectivity index (χ4v) is 4.23. The van der Waals surface area contributed by atoms with Crippen LogP contribution in [0, 0.1) is 11.3 Å². The lowest BCUT2D eigenvalue weighted by Gasteiger charge is -2.00. The van der Waals surface area contributed by atoms with Gasteiger partial charge in [-0.1, -0.05) is 45.3 Å². The molecule has 20 heavy (non-hydrogen) atoms. The van der Waals surface area contributed by atoms with E-state index in [1.54, 1.807) is 19.1 Å².